The molecule has 2 N–H and O–H groups in total. The van der Waals surface area contributed by atoms with Crippen LogP contribution >= 0.6 is 11.8 Å². The van der Waals surface area contributed by atoms with Gasteiger partial charge in [0, 0.05) is 30.6 Å². The van der Waals surface area contributed by atoms with Crippen LogP contribution in [0.15, 0.2) is 50.7 Å². The number of benzene rings is 1. The second-order valence-corrected chi connectivity index (χ2v) is 7.69. The van der Waals surface area contributed by atoms with E-state index in [1.165, 1.54) is 23.9 Å². The van der Waals surface area contributed by atoms with Gasteiger partial charge in [-0.25, -0.2) is 4.39 Å². The summed E-state index contributed by atoms with van der Waals surface area (Å²) in [6.45, 7) is 1.30. The standard InChI is InChI=1S/C20H18FN3O3S/c21-14-3-1-12(2-4-14)16-6-5-15(27-16)11-17-19(26)23-20(28-17)24-9-7-13(8-10-24)18(22)25/h1-6,11,13H,7-10H2,(H2,22,25)/b17-11-. The number of thioether (sulfide) groups is 1. The van der Waals surface area contributed by atoms with Crippen LogP contribution < -0.4 is 5.73 Å². The van der Waals surface area contributed by atoms with Gasteiger partial charge in [0.2, 0.25) is 5.91 Å². The van der Waals surface area contributed by atoms with Crippen molar-refractivity contribution >= 4 is 34.8 Å². The van der Waals surface area contributed by atoms with E-state index in [2.05, 4.69) is 4.99 Å². The van der Waals surface area contributed by atoms with Gasteiger partial charge in [-0.15, -0.1) is 0 Å². The first-order valence-corrected chi connectivity index (χ1v) is 9.74. The fraction of sp³-hybridized carbons (Fsp3) is 0.250. The van der Waals surface area contributed by atoms with E-state index in [4.69, 9.17) is 10.2 Å². The predicted molar refractivity (Wildman–Crippen MR) is 106 cm³/mol. The Kier molecular flexibility index (Phi) is 5.04. The Hall–Kier alpha value is -2.87. The van der Waals surface area contributed by atoms with Crippen molar-refractivity contribution in [1.29, 1.82) is 0 Å². The molecule has 1 aromatic carbocycles. The number of amidine groups is 1. The Morgan fingerprint density at radius 1 is 1.21 bits per heavy atom. The van der Waals surface area contributed by atoms with Gasteiger partial charge in [0.25, 0.3) is 5.91 Å². The molecule has 0 atom stereocenters. The van der Waals surface area contributed by atoms with Gasteiger partial charge in [0.05, 0.1) is 4.91 Å². The molecule has 0 spiro atoms. The van der Waals surface area contributed by atoms with Crippen LogP contribution in [0.3, 0.4) is 0 Å². The first-order chi connectivity index (χ1) is 13.5. The average Bonchev–Trinajstić information content (AvgIpc) is 3.30. The number of likely N-dealkylation sites (tertiary alicyclic amines) is 1. The van der Waals surface area contributed by atoms with Crippen LogP contribution in [0, 0.1) is 11.7 Å². The van der Waals surface area contributed by atoms with E-state index in [9.17, 15) is 14.0 Å². The van der Waals surface area contributed by atoms with Crippen LogP contribution in [-0.2, 0) is 9.59 Å². The summed E-state index contributed by atoms with van der Waals surface area (Å²) in [4.78, 5) is 30.2. The molecule has 0 saturated carbocycles. The minimum Gasteiger partial charge on any atom is -0.457 e. The summed E-state index contributed by atoms with van der Waals surface area (Å²) in [6.07, 6.45) is 3.00. The van der Waals surface area contributed by atoms with E-state index in [0.29, 0.717) is 47.5 Å². The summed E-state index contributed by atoms with van der Waals surface area (Å²) in [5, 5.41) is 0.643. The predicted octanol–water partition coefficient (Wildman–Crippen LogP) is 3.25. The number of primary amides is 1. The number of nitrogens with zero attached hydrogens (tertiary/aromatic N) is 2. The molecule has 4 rings (SSSR count). The first kappa shape index (κ1) is 18.5. The molecule has 0 radical (unpaired) electrons. The Balaban J connectivity index is 1.44. The lowest BCUT2D eigenvalue weighted by molar-refractivity contribution is -0.123. The average molecular weight is 399 g/mol. The summed E-state index contributed by atoms with van der Waals surface area (Å²) >= 11 is 1.30. The van der Waals surface area contributed by atoms with Crippen molar-refractivity contribution in [3.63, 3.8) is 0 Å². The van der Waals surface area contributed by atoms with Gasteiger partial charge in [-0.05, 0) is 61.0 Å². The van der Waals surface area contributed by atoms with Crippen molar-refractivity contribution in [3.8, 4) is 11.3 Å². The maximum atomic E-state index is 13.1. The Bertz CT molecular complexity index is 973. The minimum atomic E-state index is -0.310. The topological polar surface area (TPSA) is 88.9 Å². The number of piperidine rings is 1. The summed E-state index contributed by atoms with van der Waals surface area (Å²) < 4.78 is 18.8. The maximum absolute atomic E-state index is 13.1. The van der Waals surface area contributed by atoms with E-state index in [1.54, 1.807) is 30.3 Å². The fourth-order valence-corrected chi connectivity index (χ4v) is 4.16. The molecule has 2 amide bonds. The molecule has 28 heavy (non-hydrogen) atoms. The van der Waals surface area contributed by atoms with E-state index in [0.717, 1.165) is 5.56 Å². The Morgan fingerprint density at radius 2 is 1.93 bits per heavy atom. The van der Waals surface area contributed by atoms with E-state index in [-0.39, 0.29) is 23.5 Å². The Morgan fingerprint density at radius 3 is 2.61 bits per heavy atom. The molecule has 1 saturated heterocycles. The van der Waals surface area contributed by atoms with Crippen LogP contribution in [0.4, 0.5) is 4.39 Å². The van der Waals surface area contributed by atoms with Crippen LogP contribution in [0.5, 0.6) is 0 Å². The van der Waals surface area contributed by atoms with E-state index < -0.39 is 0 Å². The molecule has 0 unspecified atom stereocenters. The smallest absolute Gasteiger partial charge is 0.286 e. The third-order valence-corrected chi connectivity index (χ3v) is 5.85. The summed E-state index contributed by atoms with van der Waals surface area (Å²) in [6, 6.07) is 9.55. The lowest BCUT2D eigenvalue weighted by Crippen LogP contribution is -2.40. The molecule has 2 aliphatic heterocycles. The third kappa shape index (κ3) is 3.87. The van der Waals surface area contributed by atoms with Crippen molar-refractivity contribution in [2.75, 3.05) is 13.1 Å². The number of carbonyl (C=O) groups is 2. The number of hydrogen-bond acceptors (Lipinski definition) is 5. The van der Waals surface area contributed by atoms with Crippen LogP contribution in [-0.4, -0.2) is 35.0 Å². The molecular formula is C20H18FN3O3S. The summed E-state index contributed by atoms with van der Waals surface area (Å²) in [7, 11) is 0. The first-order valence-electron chi connectivity index (χ1n) is 8.92. The number of hydrogen-bond donors (Lipinski definition) is 1. The van der Waals surface area contributed by atoms with Crippen molar-refractivity contribution in [2.24, 2.45) is 16.6 Å². The van der Waals surface area contributed by atoms with E-state index in [1.807, 2.05) is 4.90 Å². The van der Waals surface area contributed by atoms with Gasteiger partial charge in [-0.1, -0.05) is 0 Å². The maximum Gasteiger partial charge on any atom is 0.286 e. The highest BCUT2D eigenvalue weighted by atomic mass is 32.2. The lowest BCUT2D eigenvalue weighted by Gasteiger charge is -2.31. The molecule has 2 aromatic rings. The van der Waals surface area contributed by atoms with Crippen molar-refractivity contribution in [3.05, 3.63) is 52.9 Å². The van der Waals surface area contributed by atoms with Gasteiger partial charge in [0.1, 0.15) is 17.3 Å². The molecular weight excluding hydrogens is 381 g/mol. The lowest BCUT2D eigenvalue weighted by atomic mass is 9.97. The number of halogens is 1. The minimum absolute atomic E-state index is 0.109. The quantitative estimate of drug-likeness (QED) is 0.801. The SMILES string of the molecule is NC(=O)C1CCN(C2=NC(=O)/C(=C/c3ccc(-c4ccc(F)cc4)o3)S2)CC1. The molecule has 1 aromatic heterocycles. The molecule has 6 nitrogen and oxygen atoms in total. The summed E-state index contributed by atoms with van der Waals surface area (Å²) in [5.74, 6) is 0.122. The van der Waals surface area contributed by atoms with Crippen molar-refractivity contribution in [1.82, 2.24) is 4.90 Å². The highest BCUT2D eigenvalue weighted by Gasteiger charge is 2.30. The number of nitrogens with two attached hydrogens (primary N) is 1. The zero-order valence-corrected chi connectivity index (χ0v) is 15.7. The zero-order chi connectivity index (χ0) is 19.7. The molecule has 144 valence electrons. The van der Waals surface area contributed by atoms with Crippen LogP contribution in [0.25, 0.3) is 17.4 Å². The normalized spacial score (nSPS) is 19.3. The third-order valence-electron chi connectivity index (χ3n) is 4.81. The van der Waals surface area contributed by atoms with Crippen molar-refractivity contribution in [2.45, 2.75) is 12.8 Å². The van der Waals surface area contributed by atoms with Gasteiger partial charge in [-0.2, -0.15) is 4.99 Å². The van der Waals surface area contributed by atoms with Gasteiger partial charge < -0.3 is 15.1 Å². The second-order valence-electron chi connectivity index (χ2n) is 6.68. The fourth-order valence-electron chi connectivity index (χ4n) is 3.22. The highest BCUT2D eigenvalue weighted by Crippen LogP contribution is 2.33. The van der Waals surface area contributed by atoms with E-state index >= 15 is 0 Å². The molecule has 0 bridgehead atoms. The molecule has 2 aliphatic rings. The summed E-state index contributed by atoms with van der Waals surface area (Å²) in [5.41, 5.74) is 6.12. The van der Waals surface area contributed by atoms with Crippen molar-refractivity contribution < 1.29 is 18.4 Å². The monoisotopic (exact) mass is 399 g/mol. The number of rotatable bonds is 3. The van der Waals surface area contributed by atoms with Crippen LogP contribution in [0.1, 0.15) is 18.6 Å². The van der Waals surface area contributed by atoms with Crippen LogP contribution in [0.2, 0.25) is 0 Å². The van der Waals surface area contributed by atoms with Gasteiger partial charge in [-0.3, -0.25) is 9.59 Å². The number of aliphatic imine (C=N–C) groups is 1. The highest BCUT2D eigenvalue weighted by molar-refractivity contribution is 8.18. The van der Waals surface area contributed by atoms with Gasteiger partial charge >= 0.3 is 0 Å². The second kappa shape index (κ2) is 7.63. The zero-order valence-electron chi connectivity index (χ0n) is 14.9. The Labute approximate surface area is 165 Å². The van der Waals surface area contributed by atoms with Gasteiger partial charge in [0.15, 0.2) is 5.17 Å². The molecule has 3 heterocycles. The number of carbonyl (C=O) groups excluding carboxylic acids is 2. The molecule has 1 fully saturated rings. The molecule has 8 heteroatoms. The molecule has 0 aliphatic carbocycles. The number of amides is 2. The largest absolute Gasteiger partial charge is 0.457 e. The number of furan rings is 1.